The topological polar surface area (TPSA) is 60.2 Å². The van der Waals surface area contributed by atoms with Gasteiger partial charge in [0.05, 0.1) is 5.56 Å². The van der Waals surface area contributed by atoms with Crippen molar-refractivity contribution < 1.29 is 26.1 Å². The SMILES string of the molecule is Cc1onc(-c2ccc(F)cc2)c1-c1cc(F)c(S(C)(=O)=O)c(F)c1. The molecule has 0 aliphatic heterocycles. The van der Waals surface area contributed by atoms with Crippen molar-refractivity contribution in [2.45, 2.75) is 11.8 Å². The molecule has 0 amide bonds. The van der Waals surface area contributed by atoms with E-state index in [1.807, 2.05) is 0 Å². The van der Waals surface area contributed by atoms with Gasteiger partial charge in [0.2, 0.25) is 0 Å². The predicted octanol–water partition coefficient (Wildman–Crippen LogP) is 4.14. The molecule has 130 valence electrons. The number of nitrogens with zero attached hydrogens (tertiary/aromatic N) is 1. The summed E-state index contributed by atoms with van der Waals surface area (Å²) in [6, 6.07) is 7.16. The Bertz CT molecular complexity index is 1030. The Balaban J connectivity index is 2.22. The third-order valence-electron chi connectivity index (χ3n) is 3.64. The average Bonchev–Trinajstić information content (AvgIpc) is 2.87. The first-order chi connectivity index (χ1) is 11.7. The van der Waals surface area contributed by atoms with Gasteiger partial charge in [0.15, 0.2) is 9.84 Å². The lowest BCUT2D eigenvalue weighted by atomic mass is 9.99. The lowest BCUT2D eigenvalue weighted by Gasteiger charge is -2.08. The minimum Gasteiger partial charge on any atom is -0.360 e. The Morgan fingerprint density at radius 3 is 2.04 bits per heavy atom. The van der Waals surface area contributed by atoms with Crippen LogP contribution < -0.4 is 0 Å². The first kappa shape index (κ1) is 17.2. The van der Waals surface area contributed by atoms with Crippen molar-refractivity contribution in [3.8, 4) is 22.4 Å². The zero-order valence-corrected chi connectivity index (χ0v) is 14.0. The van der Waals surface area contributed by atoms with Gasteiger partial charge in [-0.2, -0.15) is 0 Å². The zero-order chi connectivity index (χ0) is 18.4. The zero-order valence-electron chi connectivity index (χ0n) is 13.2. The second kappa shape index (κ2) is 6.03. The summed E-state index contributed by atoms with van der Waals surface area (Å²) in [4.78, 5) is -0.992. The van der Waals surface area contributed by atoms with Crippen LogP contribution in [0.3, 0.4) is 0 Å². The van der Waals surface area contributed by atoms with E-state index >= 15 is 0 Å². The Morgan fingerprint density at radius 1 is 0.960 bits per heavy atom. The largest absolute Gasteiger partial charge is 0.360 e. The highest BCUT2D eigenvalue weighted by Gasteiger charge is 2.24. The van der Waals surface area contributed by atoms with Crippen LogP contribution in [0.4, 0.5) is 13.2 Å². The Kier molecular flexibility index (Phi) is 4.16. The molecule has 3 aromatic rings. The molecule has 0 radical (unpaired) electrons. The summed E-state index contributed by atoms with van der Waals surface area (Å²) in [5, 5.41) is 3.86. The van der Waals surface area contributed by atoms with Crippen LogP contribution in [0.15, 0.2) is 45.8 Å². The van der Waals surface area contributed by atoms with E-state index in [-0.39, 0.29) is 17.0 Å². The Hall–Kier alpha value is -2.61. The molecule has 0 aliphatic rings. The molecule has 0 aliphatic carbocycles. The number of hydrogen-bond donors (Lipinski definition) is 0. The maximum absolute atomic E-state index is 14.2. The molecule has 0 unspecified atom stereocenters. The second-order valence-corrected chi connectivity index (χ2v) is 7.46. The van der Waals surface area contributed by atoms with Gasteiger partial charge in [0, 0.05) is 11.8 Å². The van der Waals surface area contributed by atoms with Crippen molar-refractivity contribution in [1.29, 1.82) is 0 Å². The molecule has 0 N–H and O–H groups in total. The number of hydrogen-bond acceptors (Lipinski definition) is 4. The molecular weight excluding hydrogens is 355 g/mol. The molecule has 3 rings (SSSR count). The number of benzene rings is 2. The maximum atomic E-state index is 14.2. The first-order valence-electron chi connectivity index (χ1n) is 7.10. The van der Waals surface area contributed by atoms with Crippen molar-refractivity contribution in [1.82, 2.24) is 5.16 Å². The molecule has 0 spiro atoms. The van der Waals surface area contributed by atoms with Gasteiger partial charge in [0.25, 0.3) is 0 Å². The van der Waals surface area contributed by atoms with Crippen LogP contribution in [0.25, 0.3) is 22.4 Å². The van der Waals surface area contributed by atoms with Crippen molar-refractivity contribution in [2.75, 3.05) is 6.26 Å². The average molecular weight is 367 g/mol. The van der Waals surface area contributed by atoms with E-state index in [2.05, 4.69) is 5.16 Å². The Labute approximate surface area is 141 Å². The van der Waals surface area contributed by atoms with Crippen LogP contribution in [0.1, 0.15) is 5.76 Å². The minimum atomic E-state index is -4.06. The highest BCUT2D eigenvalue weighted by Crippen LogP contribution is 2.36. The van der Waals surface area contributed by atoms with E-state index in [0.29, 0.717) is 11.1 Å². The number of aromatic nitrogens is 1. The van der Waals surface area contributed by atoms with Crippen molar-refractivity contribution >= 4 is 9.84 Å². The normalized spacial score (nSPS) is 11.7. The van der Waals surface area contributed by atoms with Crippen molar-refractivity contribution in [2.24, 2.45) is 0 Å². The molecule has 1 aromatic heterocycles. The summed E-state index contributed by atoms with van der Waals surface area (Å²) in [7, 11) is -4.06. The molecule has 8 heteroatoms. The molecule has 0 saturated carbocycles. The standard InChI is InChI=1S/C17H12F3NO3S/c1-9-15(16(21-24-9)10-3-5-12(18)6-4-10)11-7-13(19)17(14(20)8-11)25(2,22)23/h3-8H,1-2H3. The third kappa shape index (κ3) is 3.17. The van der Waals surface area contributed by atoms with Crippen LogP contribution in [-0.4, -0.2) is 19.8 Å². The predicted molar refractivity (Wildman–Crippen MR) is 85.1 cm³/mol. The molecule has 0 bridgehead atoms. The van der Waals surface area contributed by atoms with E-state index < -0.39 is 32.2 Å². The van der Waals surface area contributed by atoms with E-state index in [0.717, 1.165) is 18.4 Å². The summed E-state index contributed by atoms with van der Waals surface area (Å²) in [6.07, 6.45) is 0.725. The van der Waals surface area contributed by atoms with Gasteiger partial charge in [-0.15, -0.1) is 0 Å². The van der Waals surface area contributed by atoms with E-state index in [4.69, 9.17) is 4.52 Å². The molecule has 0 atom stereocenters. The van der Waals surface area contributed by atoms with E-state index in [1.54, 1.807) is 6.92 Å². The quantitative estimate of drug-likeness (QED) is 0.698. The summed E-state index contributed by atoms with van der Waals surface area (Å²) in [5.41, 5.74) is 1.12. The highest BCUT2D eigenvalue weighted by molar-refractivity contribution is 7.90. The van der Waals surface area contributed by atoms with Gasteiger partial charge in [0.1, 0.15) is 33.8 Å². The van der Waals surface area contributed by atoms with Crippen LogP contribution in [0, 0.1) is 24.4 Å². The molecule has 1 heterocycles. The Morgan fingerprint density at radius 2 is 1.52 bits per heavy atom. The summed E-state index contributed by atoms with van der Waals surface area (Å²) in [5.74, 6) is -2.57. The number of rotatable bonds is 3. The molecular formula is C17H12F3NO3S. The van der Waals surface area contributed by atoms with Crippen LogP contribution in [-0.2, 0) is 9.84 Å². The highest BCUT2D eigenvalue weighted by atomic mass is 32.2. The summed E-state index contributed by atoms with van der Waals surface area (Å²) < 4.78 is 69.6. The maximum Gasteiger partial charge on any atom is 0.181 e. The lowest BCUT2D eigenvalue weighted by molar-refractivity contribution is 0.400. The second-order valence-electron chi connectivity index (χ2n) is 5.51. The van der Waals surface area contributed by atoms with Gasteiger partial charge in [-0.1, -0.05) is 5.16 Å². The van der Waals surface area contributed by atoms with E-state index in [1.165, 1.54) is 24.3 Å². The minimum absolute atomic E-state index is 0.0699. The smallest absolute Gasteiger partial charge is 0.181 e. The monoisotopic (exact) mass is 367 g/mol. The fraction of sp³-hybridized carbons (Fsp3) is 0.118. The lowest BCUT2D eigenvalue weighted by Crippen LogP contribution is -2.05. The first-order valence-corrected chi connectivity index (χ1v) is 8.99. The summed E-state index contributed by atoms with van der Waals surface area (Å²) in [6.45, 7) is 1.55. The number of halogens is 3. The summed E-state index contributed by atoms with van der Waals surface area (Å²) >= 11 is 0. The van der Waals surface area contributed by atoms with Crippen molar-refractivity contribution in [3.05, 3.63) is 59.6 Å². The van der Waals surface area contributed by atoms with Crippen molar-refractivity contribution in [3.63, 3.8) is 0 Å². The van der Waals surface area contributed by atoms with Crippen LogP contribution in [0.5, 0.6) is 0 Å². The number of aryl methyl sites for hydroxylation is 1. The van der Waals surface area contributed by atoms with Gasteiger partial charge in [-0.3, -0.25) is 0 Å². The third-order valence-corrected chi connectivity index (χ3v) is 4.77. The molecule has 2 aromatic carbocycles. The fourth-order valence-corrected chi connectivity index (χ4v) is 3.40. The molecule has 0 fully saturated rings. The van der Waals surface area contributed by atoms with Crippen LogP contribution in [0.2, 0.25) is 0 Å². The van der Waals surface area contributed by atoms with Crippen LogP contribution >= 0.6 is 0 Å². The van der Waals surface area contributed by atoms with Gasteiger partial charge < -0.3 is 4.52 Å². The van der Waals surface area contributed by atoms with Gasteiger partial charge >= 0.3 is 0 Å². The fourth-order valence-electron chi connectivity index (χ4n) is 2.58. The van der Waals surface area contributed by atoms with Gasteiger partial charge in [-0.25, -0.2) is 21.6 Å². The molecule has 0 saturated heterocycles. The van der Waals surface area contributed by atoms with Gasteiger partial charge in [-0.05, 0) is 48.9 Å². The molecule has 25 heavy (non-hydrogen) atoms. The van der Waals surface area contributed by atoms with E-state index in [9.17, 15) is 21.6 Å². The molecule has 4 nitrogen and oxygen atoms in total. The number of sulfone groups is 1.